The number of hydrogen-bond donors (Lipinski definition) is 2. The SMILES string of the molecule is CC[C@@H](CNS(=O)(=O)C1(c2ccccc2F)CC1)N1C(=O)[C@H]([C@H](C)C(=O)O)O[C@H](c2cccc(Cl)c2)[C@H]1c1ccc(Cl)cc1. The Kier molecular flexibility index (Phi) is 9.39. The van der Waals surface area contributed by atoms with Crippen LogP contribution in [0.5, 0.6) is 0 Å². The van der Waals surface area contributed by atoms with Crippen LogP contribution in [0.3, 0.4) is 0 Å². The van der Waals surface area contributed by atoms with Crippen LogP contribution in [0.25, 0.3) is 0 Å². The molecule has 0 bridgehead atoms. The maximum atomic E-state index is 14.7. The van der Waals surface area contributed by atoms with E-state index in [1.54, 1.807) is 54.6 Å². The van der Waals surface area contributed by atoms with Crippen molar-refractivity contribution in [3.05, 3.63) is 105 Å². The molecular weight excluding hydrogens is 630 g/mol. The maximum Gasteiger partial charge on any atom is 0.309 e. The second-order valence-electron chi connectivity index (χ2n) is 11.3. The van der Waals surface area contributed by atoms with Crippen molar-refractivity contribution in [3.8, 4) is 0 Å². The lowest BCUT2D eigenvalue weighted by Gasteiger charge is -2.49. The predicted octanol–water partition coefficient (Wildman–Crippen LogP) is 6.25. The zero-order valence-corrected chi connectivity index (χ0v) is 26.4. The number of benzene rings is 3. The second kappa shape index (κ2) is 12.8. The fourth-order valence-corrected chi connectivity index (χ4v) is 8.05. The molecule has 2 N–H and O–H groups in total. The van der Waals surface area contributed by atoms with E-state index in [0.29, 0.717) is 27.6 Å². The first-order valence-electron chi connectivity index (χ1n) is 14.4. The van der Waals surface area contributed by atoms with E-state index in [0.717, 1.165) is 0 Å². The number of carboxylic acids is 1. The number of aliphatic carboxylic acids is 1. The number of hydrogen-bond acceptors (Lipinski definition) is 5. The minimum absolute atomic E-state index is 0.110. The third kappa shape index (κ3) is 6.10. The number of carboxylic acid groups (broad SMARTS) is 1. The molecule has 0 radical (unpaired) electrons. The summed E-state index contributed by atoms with van der Waals surface area (Å²) in [4.78, 5) is 27.9. The van der Waals surface area contributed by atoms with E-state index >= 15 is 0 Å². The molecular formula is C32H33Cl2FN2O6S. The second-order valence-corrected chi connectivity index (χ2v) is 14.2. The first-order chi connectivity index (χ1) is 20.9. The standard InChI is InChI=1S/C32H33Cl2FN2O6S/c1-3-24(18-36-44(41,42)32(15-16-32)25-9-4-5-10-26(25)35)37-27(20-11-13-22(33)14-12-20)29(21-7-6-8-23(34)17-21)43-28(30(37)38)19(2)31(39)40/h4-14,17,19,24,27-29,36H,3,15-16,18H2,1-2H3,(H,39,40)/t19-,24-,27+,28-,29+/m0/s1. The van der Waals surface area contributed by atoms with E-state index in [9.17, 15) is 27.5 Å². The van der Waals surface area contributed by atoms with Crippen LogP contribution in [0, 0.1) is 11.7 Å². The summed E-state index contributed by atoms with van der Waals surface area (Å²) in [5.74, 6) is -3.60. The number of rotatable bonds is 11. The molecule has 1 saturated heterocycles. The molecule has 1 aliphatic heterocycles. The minimum Gasteiger partial charge on any atom is -0.481 e. The van der Waals surface area contributed by atoms with Crippen molar-refractivity contribution in [1.29, 1.82) is 0 Å². The van der Waals surface area contributed by atoms with Crippen LogP contribution in [-0.2, 0) is 29.1 Å². The van der Waals surface area contributed by atoms with Crippen molar-refractivity contribution < 1.29 is 32.2 Å². The van der Waals surface area contributed by atoms with Crippen molar-refractivity contribution in [1.82, 2.24) is 9.62 Å². The summed E-state index contributed by atoms with van der Waals surface area (Å²) >= 11 is 12.5. The van der Waals surface area contributed by atoms with Gasteiger partial charge in [0, 0.05) is 28.2 Å². The molecule has 3 aromatic carbocycles. The summed E-state index contributed by atoms with van der Waals surface area (Å²) in [5.41, 5.74) is 1.38. The zero-order valence-electron chi connectivity index (χ0n) is 24.1. The molecule has 5 atom stereocenters. The molecule has 8 nitrogen and oxygen atoms in total. The van der Waals surface area contributed by atoms with Gasteiger partial charge in [0.2, 0.25) is 10.0 Å². The van der Waals surface area contributed by atoms with Gasteiger partial charge in [-0.2, -0.15) is 0 Å². The number of nitrogens with one attached hydrogen (secondary N) is 1. The predicted molar refractivity (Wildman–Crippen MR) is 165 cm³/mol. The summed E-state index contributed by atoms with van der Waals surface area (Å²) in [6.07, 6.45) is -1.36. The maximum absolute atomic E-state index is 14.7. The Balaban J connectivity index is 1.56. The molecule has 3 aromatic rings. The first-order valence-corrected chi connectivity index (χ1v) is 16.6. The molecule has 1 aliphatic carbocycles. The minimum atomic E-state index is -4.08. The highest BCUT2D eigenvalue weighted by atomic mass is 35.5. The molecule has 2 aliphatic rings. The third-order valence-corrected chi connectivity index (χ3v) is 11.3. The van der Waals surface area contributed by atoms with Crippen LogP contribution in [0.1, 0.15) is 61.9 Å². The van der Waals surface area contributed by atoms with Crippen LogP contribution in [0.2, 0.25) is 10.0 Å². The lowest BCUT2D eigenvalue weighted by molar-refractivity contribution is -0.190. The van der Waals surface area contributed by atoms with Gasteiger partial charge < -0.3 is 14.7 Å². The zero-order chi connectivity index (χ0) is 31.8. The molecule has 1 saturated carbocycles. The average molecular weight is 664 g/mol. The van der Waals surface area contributed by atoms with Crippen LogP contribution in [0.4, 0.5) is 4.39 Å². The summed E-state index contributed by atoms with van der Waals surface area (Å²) in [7, 11) is -4.08. The normalized spacial score (nSPS) is 22.8. The van der Waals surface area contributed by atoms with E-state index in [2.05, 4.69) is 4.72 Å². The Morgan fingerprint density at radius 1 is 1.07 bits per heavy atom. The Bertz CT molecular complexity index is 1650. The quantitative estimate of drug-likeness (QED) is 0.251. The highest BCUT2D eigenvalue weighted by Crippen LogP contribution is 2.53. The van der Waals surface area contributed by atoms with Crippen molar-refractivity contribution in [2.24, 2.45) is 5.92 Å². The molecule has 1 heterocycles. The number of carbonyl (C=O) groups is 2. The summed E-state index contributed by atoms with van der Waals surface area (Å²) in [5, 5.41) is 10.8. The number of carbonyl (C=O) groups excluding carboxylic acids is 1. The highest BCUT2D eigenvalue weighted by Gasteiger charge is 2.57. The molecule has 5 rings (SSSR count). The van der Waals surface area contributed by atoms with Crippen LogP contribution in [0.15, 0.2) is 72.8 Å². The molecule has 0 unspecified atom stereocenters. The van der Waals surface area contributed by atoms with Gasteiger partial charge in [0.05, 0.1) is 12.0 Å². The van der Waals surface area contributed by atoms with Gasteiger partial charge in [-0.1, -0.05) is 72.6 Å². The van der Waals surface area contributed by atoms with Crippen LogP contribution < -0.4 is 4.72 Å². The van der Waals surface area contributed by atoms with E-state index in [1.807, 2.05) is 6.92 Å². The first kappa shape index (κ1) is 32.4. The average Bonchev–Trinajstić information content (AvgIpc) is 3.81. The van der Waals surface area contributed by atoms with Crippen molar-refractivity contribution >= 4 is 45.1 Å². The number of ether oxygens (including phenoxy) is 1. The third-order valence-electron chi connectivity index (χ3n) is 8.57. The van der Waals surface area contributed by atoms with Gasteiger partial charge in [-0.05, 0) is 67.6 Å². The van der Waals surface area contributed by atoms with Gasteiger partial charge in [-0.3, -0.25) is 9.59 Å². The number of halogens is 3. The topological polar surface area (TPSA) is 113 Å². The molecule has 12 heteroatoms. The van der Waals surface area contributed by atoms with Crippen molar-refractivity contribution in [3.63, 3.8) is 0 Å². The van der Waals surface area contributed by atoms with Gasteiger partial charge in [0.1, 0.15) is 22.8 Å². The van der Waals surface area contributed by atoms with Gasteiger partial charge in [-0.15, -0.1) is 0 Å². The summed E-state index contributed by atoms with van der Waals surface area (Å²) in [6, 6.07) is 18.1. The highest BCUT2D eigenvalue weighted by molar-refractivity contribution is 7.90. The molecule has 2 fully saturated rings. The van der Waals surface area contributed by atoms with Gasteiger partial charge >= 0.3 is 5.97 Å². The molecule has 44 heavy (non-hydrogen) atoms. The Labute approximate surface area is 266 Å². The van der Waals surface area contributed by atoms with Gasteiger partial charge in [0.15, 0.2) is 0 Å². The largest absolute Gasteiger partial charge is 0.481 e. The monoisotopic (exact) mass is 662 g/mol. The Hall–Kier alpha value is -3.02. The molecule has 1 amide bonds. The summed E-state index contributed by atoms with van der Waals surface area (Å²) in [6.45, 7) is 3.03. The van der Waals surface area contributed by atoms with Crippen LogP contribution >= 0.6 is 23.2 Å². The van der Waals surface area contributed by atoms with E-state index < -0.39 is 62.7 Å². The molecule has 0 aromatic heterocycles. The lowest BCUT2D eigenvalue weighted by atomic mass is 9.88. The van der Waals surface area contributed by atoms with E-state index in [4.69, 9.17) is 27.9 Å². The molecule has 234 valence electrons. The van der Waals surface area contributed by atoms with E-state index in [1.165, 1.54) is 30.0 Å². The number of sulfonamides is 1. The van der Waals surface area contributed by atoms with Crippen LogP contribution in [-0.4, -0.2) is 49.0 Å². The van der Waals surface area contributed by atoms with Gasteiger partial charge in [0.25, 0.3) is 5.91 Å². The number of nitrogens with zero attached hydrogens (tertiary/aromatic N) is 1. The fourth-order valence-electron chi connectivity index (χ4n) is 5.94. The van der Waals surface area contributed by atoms with Crippen molar-refractivity contribution in [2.75, 3.05) is 6.54 Å². The van der Waals surface area contributed by atoms with Gasteiger partial charge in [-0.25, -0.2) is 17.5 Å². The molecule has 0 spiro atoms. The number of morpholine rings is 1. The Morgan fingerprint density at radius 3 is 2.34 bits per heavy atom. The lowest BCUT2D eigenvalue weighted by Crippen LogP contribution is -2.59. The Morgan fingerprint density at radius 2 is 1.75 bits per heavy atom. The smallest absolute Gasteiger partial charge is 0.309 e. The number of amides is 1. The summed E-state index contributed by atoms with van der Waals surface area (Å²) < 4.78 is 49.8. The van der Waals surface area contributed by atoms with Crippen molar-refractivity contribution in [2.45, 2.75) is 62.1 Å². The fraction of sp³-hybridized carbons (Fsp3) is 0.375. The van der Waals surface area contributed by atoms with E-state index in [-0.39, 0.29) is 24.9 Å².